The Morgan fingerprint density at radius 1 is 1.24 bits per heavy atom. The Morgan fingerprint density at radius 2 is 2.08 bits per heavy atom. The quantitative estimate of drug-likeness (QED) is 0.646. The van der Waals surface area contributed by atoms with E-state index in [4.69, 9.17) is 23.2 Å². The average Bonchev–Trinajstić information content (AvgIpc) is 3.07. The number of benzene rings is 1. The van der Waals surface area contributed by atoms with Gasteiger partial charge in [-0.3, -0.25) is 4.79 Å². The summed E-state index contributed by atoms with van der Waals surface area (Å²) in [7, 11) is 0. The van der Waals surface area contributed by atoms with Crippen LogP contribution < -0.4 is 10.5 Å². The molecule has 128 valence electrons. The van der Waals surface area contributed by atoms with Gasteiger partial charge in [0.15, 0.2) is 0 Å². The number of anilines is 1. The third-order valence-electron chi connectivity index (χ3n) is 4.45. The van der Waals surface area contributed by atoms with E-state index in [0.717, 1.165) is 25.1 Å². The molecule has 0 saturated carbocycles. The zero-order valence-corrected chi connectivity index (χ0v) is 15.8. The molecule has 2 aromatic heterocycles. The van der Waals surface area contributed by atoms with Crippen molar-refractivity contribution in [1.29, 1.82) is 0 Å². The van der Waals surface area contributed by atoms with Gasteiger partial charge in [-0.1, -0.05) is 29.3 Å². The van der Waals surface area contributed by atoms with Gasteiger partial charge >= 0.3 is 0 Å². The normalized spacial score (nSPS) is 13.8. The molecule has 25 heavy (non-hydrogen) atoms. The molecule has 0 radical (unpaired) electrons. The molecule has 1 aromatic carbocycles. The van der Waals surface area contributed by atoms with E-state index in [0.29, 0.717) is 16.4 Å². The first-order valence-electron chi connectivity index (χ1n) is 7.89. The Balaban J connectivity index is 1.72. The van der Waals surface area contributed by atoms with E-state index in [9.17, 15) is 4.79 Å². The number of fused-ring (bicyclic) bond motifs is 1. The Hall–Kier alpha value is -1.82. The highest BCUT2D eigenvalue weighted by atomic mass is 35.5. The van der Waals surface area contributed by atoms with Crippen molar-refractivity contribution in [3.05, 3.63) is 72.2 Å². The molecule has 7 heteroatoms. The van der Waals surface area contributed by atoms with Crippen molar-refractivity contribution in [3.63, 3.8) is 0 Å². The zero-order valence-electron chi connectivity index (χ0n) is 13.5. The second-order valence-corrected chi connectivity index (χ2v) is 7.82. The SMILES string of the molecule is Cc1ccc(-n2ncc(N3CCc4sccc4C3)c(Cl)c2=O)cc1Cl. The van der Waals surface area contributed by atoms with E-state index in [1.165, 1.54) is 15.1 Å². The van der Waals surface area contributed by atoms with Gasteiger partial charge in [-0.05, 0) is 48.1 Å². The van der Waals surface area contributed by atoms with Crippen molar-refractivity contribution in [2.24, 2.45) is 0 Å². The lowest BCUT2D eigenvalue weighted by molar-refractivity contribution is 0.727. The summed E-state index contributed by atoms with van der Waals surface area (Å²) >= 11 is 14.3. The van der Waals surface area contributed by atoms with Gasteiger partial charge in [0.1, 0.15) is 5.02 Å². The average molecular weight is 392 g/mol. The highest BCUT2D eigenvalue weighted by molar-refractivity contribution is 7.10. The van der Waals surface area contributed by atoms with Crippen molar-refractivity contribution in [2.75, 3.05) is 11.4 Å². The summed E-state index contributed by atoms with van der Waals surface area (Å²) in [6.07, 6.45) is 2.62. The maximum Gasteiger partial charge on any atom is 0.292 e. The molecule has 0 amide bonds. The molecule has 1 aliphatic rings. The van der Waals surface area contributed by atoms with Crippen molar-refractivity contribution in [3.8, 4) is 5.69 Å². The van der Waals surface area contributed by atoms with Gasteiger partial charge in [0.05, 0.1) is 17.6 Å². The number of nitrogens with zero attached hydrogens (tertiary/aromatic N) is 3. The monoisotopic (exact) mass is 391 g/mol. The number of aromatic nitrogens is 2. The smallest absolute Gasteiger partial charge is 0.292 e. The summed E-state index contributed by atoms with van der Waals surface area (Å²) in [5, 5.41) is 7.20. The van der Waals surface area contributed by atoms with Crippen LogP contribution in [-0.4, -0.2) is 16.3 Å². The summed E-state index contributed by atoms with van der Waals surface area (Å²) in [5.41, 5.74) is 3.18. The molecular formula is C18H15Cl2N3OS. The second-order valence-electron chi connectivity index (χ2n) is 6.03. The summed E-state index contributed by atoms with van der Waals surface area (Å²) in [5.74, 6) is 0. The van der Waals surface area contributed by atoms with E-state index in [1.807, 2.05) is 19.1 Å². The van der Waals surface area contributed by atoms with Gasteiger partial charge in [-0.2, -0.15) is 9.78 Å². The predicted octanol–water partition coefficient (Wildman–Crippen LogP) is 4.47. The lowest BCUT2D eigenvalue weighted by Gasteiger charge is -2.29. The Kier molecular flexibility index (Phi) is 4.31. The highest BCUT2D eigenvalue weighted by Gasteiger charge is 2.22. The maximum atomic E-state index is 12.7. The first-order chi connectivity index (χ1) is 12.0. The van der Waals surface area contributed by atoms with Crippen LogP contribution in [0.3, 0.4) is 0 Å². The van der Waals surface area contributed by atoms with Gasteiger partial charge < -0.3 is 4.90 Å². The summed E-state index contributed by atoms with van der Waals surface area (Å²) in [6, 6.07) is 7.52. The van der Waals surface area contributed by atoms with Gasteiger partial charge in [0.2, 0.25) is 0 Å². The van der Waals surface area contributed by atoms with E-state index >= 15 is 0 Å². The minimum Gasteiger partial charge on any atom is -0.364 e. The fourth-order valence-corrected chi connectivity index (χ4v) is 4.31. The van der Waals surface area contributed by atoms with Crippen LogP contribution in [0.4, 0.5) is 5.69 Å². The van der Waals surface area contributed by atoms with Crippen LogP contribution in [0.25, 0.3) is 5.69 Å². The minimum absolute atomic E-state index is 0.186. The molecule has 3 heterocycles. The molecule has 0 bridgehead atoms. The Labute approximate surface area is 159 Å². The molecule has 0 unspecified atom stereocenters. The van der Waals surface area contributed by atoms with Gasteiger partial charge in [-0.25, -0.2) is 0 Å². The predicted molar refractivity (Wildman–Crippen MR) is 104 cm³/mol. The minimum atomic E-state index is -0.338. The van der Waals surface area contributed by atoms with Crippen LogP contribution in [0, 0.1) is 6.92 Å². The summed E-state index contributed by atoms with van der Waals surface area (Å²) in [6.45, 7) is 3.49. The molecule has 4 rings (SSSR count). The molecule has 0 saturated heterocycles. The van der Waals surface area contributed by atoms with Gasteiger partial charge in [0.25, 0.3) is 5.56 Å². The standard InChI is InChI=1S/C18H15Cl2N3OS/c1-11-2-3-13(8-14(11)19)23-18(24)17(20)15(9-21-23)22-6-4-16-12(10-22)5-7-25-16/h2-3,5,7-9H,4,6,10H2,1H3. The van der Waals surface area contributed by atoms with Crippen LogP contribution >= 0.6 is 34.5 Å². The van der Waals surface area contributed by atoms with Crippen molar-refractivity contribution < 1.29 is 0 Å². The van der Waals surface area contributed by atoms with E-state index in [1.54, 1.807) is 23.6 Å². The van der Waals surface area contributed by atoms with Gasteiger partial charge in [-0.15, -0.1) is 11.3 Å². The number of rotatable bonds is 2. The molecule has 0 aliphatic carbocycles. The number of hydrogen-bond donors (Lipinski definition) is 0. The molecule has 0 spiro atoms. The molecule has 3 aromatic rings. The molecular weight excluding hydrogens is 377 g/mol. The molecule has 0 atom stereocenters. The lowest BCUT2D eigenvalue weighted by Crippen LogP contribution is -2.32. The van der Waals surface area contributed by atoms with Crippen molar-refractivity contribution in [1.82, 2.24) is 9.78 Å². The zero-order chi connectivity index (χ0) is 17.6. The van der Waals surface area contributed by atoms with Crippen molar-refractivity contribution in [2.45, 2.75) is 19.9 Å². The highest BCUT2D eigenvalue weighted by Crippen LogP contribution is 2.30. The summed E-state index contributed by atoms with van der Waals surface area (Å²) < 4.78 is 1.29. The van der Waals surface area contributed by atoms with Crippen LogP contribution in [0.1, 0.15) is 16.0 Å². The van der Waals surface area contributed by atoms with Crippen LogP contribution in [0.15, 0.2) is 40.6 Å². The molecule has 0 N–H and O–H groups in total. The molecule has 4 nitrogen and oxygen atoms in total. The van der Waals surface area contributed by atoms with E-state index in [-0.39, 0.29) is 10.6 Å². The number of hydrogen-bond acceptors (Lipinski definition) is 4. The fourth-order valence-electron chi connectivity index (χ4n) is 3.00. The Morgan fingerprint density at radius 3 is 2.88 bits per heavy atom. The van der Waals surface area contributed by atoms with E-state index in [2.05, 4.69) is 21.4 Å². The van der Waals surface area contributed by atoms with Crippen LogP contribution in [0.5, 0.6) is 0 Å². The number of halogens is 2. The molecule has 1 aliphatic heterocycles. The maximum absolute atomic E-state index is 12.7. The first kappa shape index (κ1) is 16.6. The topological polar surface area (TPSA) is 38.1 Å². The lowest BCUT2D eigenvalue weighted by atomic mass is 10.1. The number of aryl methyl sites for hydroxylation is 1. The summed E-state index contributed by atoms with van der Waals surface area (Å²) in [4.78, 5) is 16.2. The third-order valence-corrected chi connectivity index (χ3v) is 6.23. The van der Waals surface area contributed by atoms with Crippen molar-refractivity contribution >= 4 is 40.2 Å². The van der Waals surface area contributed by atoms with Crippen LogP contribution in [-0.2, 0) is 13.0 Å². The third kappa shape index (κ3) is 2.97. The molecule has 0 fully saturated rings. The fraction of sp³-hybridized carbons (Fsp3) is 0.222. The first-order valence-corrected chi connectivity index (χ1v) is 9.52. The largest absolute Gasteiger partial charge is 0.364 e. The number of thiophene rings is 1. The Bertz CT molecular complexity index is 1010. The second kappa shape index (κ2) is 6.48. The van der Waals surface area contributed by atoms with E-state index < -0.39 is 0 Å². The van der Waals surface area contributed by atoms with Crippen LogP contribution in [0.2, 0.25) is 10.0 Å². The van der Waals surface area contributed by atoms with Gasteiger partial charge in [0, 0.05) is 23.0 Å².